The van der Waals surface area contributed by atoms with Crippen LogP contribution in [0.15, 0.2) is 10.5 Å². The van der Waals surface area contributed by atoms with Crippen LogP contribution in [0.5, 0.6) is 0 Å². The second-order valence-corrected chi connectivity index (χ2v) is 4.94. The summed E-state index contributed by atoms with van der Waals surface area (Å²) in [5.41, 5.74) is 0.470. The van der Waals surface area contributed by atoms with E-state index in [1.54, 1.807) is 6.07 Å². The molecule has 1 aromatic heterocycles. The van der Waals surface area contributed by atoms with Crippen molar-refractivity contribution in [1.82, 2.24) is 9.97 Å². The molecule has 1 heterocycles. The Morgan fingerprint density at radius 2 is 1.73 bits per heavy atom. The Balaban J connectivity index is 2.98. The molecule has 0 atom stereocenters. The maximum absolute atomic E-state index is 6.04. The summed E-state index contributed by atoms with van der Waals surface area (Å²) in [7, 11) is 0. The molecule has 0 radical (unpaired) electrons. The van der Waals surface area contributed by atoms with Gasteiger partial charge in [-0.15, -0.1) is 0 Å². The quantitative estimate of drug-likeness (QED) is 0.381. The molecule has 1 aromatic carbocycles. The molecule has 2 rings (SSSR count). The Hall–Kier alpha value is 0.200. The van der Waals surface area contributed by atoms with Gasteiger partial charge in [0.15, 0.2) is 0 Å². The minimum Gasteiger partial charge on any atom is -0.216 e. The van der Waals surface area contributed by atoms with E-state index in [2.05, 4.69) is 25.9 Å². The molecule has 2 aromatic rings. The number of benzene rings is 1. The van der Waals surface area contributed by atoms with Gasteiger partial charge in [0.1, 0.15) is 5.15 Å². The van der Waals surface area contributed by atoms with E-state index in [1.165, 1.54) is 0 Å². The second-order valence-electron chi connectivity index (χ2n) is 2.67. The van der Waals surface area contributed by atoms with Crippen LogP contribution in [0, 0.1) is 0 Å². The Bertz CT molecular complexity index is 558. The molecule has 0 spiro atoms. The summed E-state index contributed by atoms with van der Waals surface area (Å²) in [5, 5.41) is 1.65. The summed E-state index contributed by atoms with van der Waals surface area (Å²) >= 11 is 26.8. The molecule has 0 aliphatic rings. The van der Waals surface area contributed by atoms with E-state index in [0.717, 1.165) is 0 Å². The largest absolute Gasteiger partial charge is 0.224 e. The molecule has 0 unspecified atom stereocenters. The van der Waals surface area contributed by atoms with Crippen molar-refractivity contribution in [1.29, 1.82) is 0 Å². The topological polar surface area (TPSA) is 25.8 Å². The average Bonchev–Trinajstić information content (AvgIpc) is 2.17. The maximum atomic E-state index is 6.04. The van der Waals surface area contributed by atoms with Gasteiger partial charge in [-0.3, -0.25) is 0 Å². The first-order valence-electron chi connectivity index (χ1n) is 3.67. The Morgan fingerprint density at radius 1 is 1.07 bits per heavy atom. The van der Waals surface area contributed by atoms with Crippen LogP contribution in [0.25, 0.3) is 10.9 Å². The van der Waals surface area contributed by atoms with Crippen LogP contribution in [0.4, 0.5) is 0 Å². The molecule has 0 saturated heterocycles. The summed E-state index contributed by atoms with van der Waals surface area (Å²) in [6.45, 7) is 0. The van der Waals surface area contributed by atoms with Gasteiger partial charge >= 0.3 is 0 Å². The highest BCUT2D eigenvalue weighted by molar-refractivity contribution is 9.10. The zero-order chi connectivity index (χ0) is 11.2. The normalized spacial score (nSPS) is 11.0. The van der Waals surface area contributed by atoms with E-state index in [-0.39, 0.29) is 10.4 Å². The third kappa shape index (κ3) is 2.04. The van der Waals surface area contributed by atoms with Gasteiger partial charge in [0.05, 0.1) is 20.0 Å². The summed E-state index contributed by atoms with van der Waals surface area (Å²) in [5.74, 6) is 0. The van der Waals surface area contributed by atoms with E-state index >= 15 is 0 Å². The summed E-state index contributed by atoms with van der Waals surface area (Å²) in [4.78, 5) is 7.79. The first kappa shape index (κ1) is 11.7. The molecule has 7 heteroatoms. The molecule has 15 heavy (non-hydrogen) atoms. The van der Waals surface area contributed by atoms with Crippen molar-refractivity contribution < 1.29 is 0 Å². The van der Waals surface area contributed by atoms with Gasteiger partial charge in [-0.1, -0.05) is 34.8 Å². The smallest absolute Gasteiger partial charge is 0.216 e. The average molecular weight is 347 g/mol. The van der Waals surface area contributed by atoms with Crippen molar-refractivity contribution in [3.05, 3.63) is 31.0 Å². The lowest BCUT2D eigenvalue weighted by atomic mass is 10.2. The highest BCUT2D eigenvalue weighted by atomic mass is 79.9. The predicted molar refractivity (Wildman–Crippen MR) is 67.3 cm³/mol. The number of halogens is 5. The van der Waals surface area contributed by atoms with E-state index < -0.39 is 0 Å². The number of fused-ring (bicyclic) bond motifs is 1. The molecular formula is C8HBrCl4N2. The number of nitrogens with zero attached hydrogens (tertiary/aromatic N) is 2. The van der Waals surface area contributed by atoms with E-state index in [0.29, 0.717) is 25.4 Å². The van der Waals surface area contributed by atoms with Crippen molar-refractivity contribution in [3.8, 4) is 0 Å². The van der Waals surface area contributed by atoms with Crippen LogP contribution >= 0.6 is 62.3 Å². The number of aromatic nitrogens is 2. The van der Waals surface area contributed by atoms with Gasteiger partial charge in [-0.25, -0.2) is 9.97 Å². The fourth-order valence-corrected chi connectivity index (χ4v) is 2.35. The van der Waals surface area contributed by atoms with Crippen molar-refractivity contribution in [2.24, 2.45) is 0 Å². The fraction of sp³-hybridized carbons (Fsp3) is 0. The van der Waals surface area contributed by atoms with Gasteiger partial charge < -0.3 is 0 Å². The molecule has 2 nitrogen and oxygen atoms in total. The summed E-state index contributed by atoms with van der Waals surface area (Å²) in [6, 6.07) is 1.63. The minimum atomic E-state index is 0.0450. The molecule has 0 bridgehead atoms. The van der Waals surface area contributed by atoms with Gasteiger partial charge in [-0.05, 0) is 33.6 Å². The summed E-state index contributed by atoms with van der Waals surface area (Å²) < 4.78 is 0.559. The third-order valence-electron chi connectivity index (χ3n) is 1.75. The second kappa shape index (κ2) is 4.22. The lowest BCUT2D eigenvalue weighted by molar-refractivity contribution is 1.22. The van der Waals surface area contributed by atoms with Crippen LogP contribution in [0.1, 0.15) is 0 Å². The first-order chi connectivity index (χ1) is 7.00. The molecule has 78 valence electrons. The van der Waals surface area contributed by atoms with Crippen LogP contribution in [0.3, 0.4) is 0 Å². The Kier molecular flexibility index (Phi) is 3.29. The zero-order valence-corrected chi connectivity index (χ0v) is 11.5. The monoisotopic (exact) mass is 344 g/mol. The maximum Gasteiger partial charge on any atom is 0.224 e. The van der Waals surface area contributed by atoms with E-state index in [4.69, 9.17) is 46.4 Å². The van der Waals surface area contributed by atoms with Gasteiger partial charge in [0.2, 0.25) is 5.28 Å². The van der Waals surface area contributed by atoms with E-state index in [9.17, 15) is 0 Å². The molecule has 0 saturated carbocycles. The highest BCUT2D eigenvalue weighted by Gasteiger charge is 2.13. The number of hydrogen-bond acceptors (Lipinski definition) is 2. The fourth-order valence-electron chi connectivity index (χ4n) is 1.11. The van der Waals surface area contributed by atoms with Crippen molar-refractivity contribution in [2.45, 2.75) is 0 Å². The number of rotatable bonds is 0. The standard InChI is InChI=1S/C8HBrCl4N2/c9-4-3(10)1-2-6(5(4)11)14-8(13)15-7(2)12/h1H. The first-order valence-corrected chi connectivity index (χ1v) is 5.97. The summed E-state index contributed by atoms with van der Waals surface area (Å²) in [6.07, 6.45) is 0. The highest BCUT2D eigenvalue weighted by Crippen LogP contribution is 2.38. The molecule has 0 aliphatic heterocycles. The van der Waals surface area contributed by atoms with Crippen LogP contribution in [-0.2, 0) is 0 Å². The number of hydrogen-bond donors (Lipinski definition) is 0. The van der Waals surface area contributed by atoms with E-state index in [1.807, 2.05) is 0 Å². The molecule has 0 fully saturated rings. The van der Waals surface area contributed by atoms with Crippen molar-refractivity contribution >= 4 is 73.2 Å². The van der Waals surface area contributed by atoms with Crippen molar-refractivity contribution in [2.75, 3.05) is 0 Å². The van der Waals surface area contributed by atoms with Crippen LogP contribution < -0.4 is 0 Å². The predicted octanol–water partition coefficient (Wildman–Crippen LogP) is 5.01. The zero-order valence-electron chi connectivity index (χ0n) is 6.86. The Morgan fingerprint density at radius 3 is 2.40 bits per heavy atom. The Labute approximate surface area is 114 Å². The minimum absolute atomic E-state index is 0.0450. The van der Waals surface area contributed by atoms with Gasteiger partial charge in [0, 0.05) is 5.39 Å². The third-order valence-corrected chi connectivity index (χ3v) is 4.16. The van der Waals surface area contributed by atoms with Crippen molar-refractivity contribution in [3.63, 3.8) is 0 Å². The van der Waals surface area contributed by atoms with Crippen LogP contribution in [0.2, 0.25) is 20.5 Å². The van der Waals surface area contributed by atoms with Gasteiger partial charge in [-0.2, -0.15) is 0 Å². The van der Waals surface area contributed by atoms with Gasteiger partial charge in [0.25, 0.3) is 0 Å². The van der Waals surface area contributed by atoms with Crippen LogP contribution in [-0.4, -0.2) is 9.97 Å². The SMILES string of the molecule is Clc1nc(Cl)c2cc(Cl)c(Br)c(Cl)c2n1. The molecule has 0 amide bonds. The molecule has 0 aliphatic carbocycles. The molecule has 0 N–H and O–H groups in total. The lowest BCUT2D eigenvalue weighted by Gasteiger charge is -2.05. The lowest BCUT2D eigenvalue weighted by Crippen LogP contribution is -1.89. The molecular weight excluding hydrogens is 346 g/mol.